The van der Waals surface area contributed by atoms with Gasteiger partial charge in [-0.1, -0.05) is 50.1 Å². The van der Waals surface area contributed by atoms with Crippen LogP contribution in [-0.4, -0.2) is 37.4 Å². The number of unbranched alkanes of at least 4 members (excludes halogenated alkanes) is 7. The first-order chi connectivity index (χ1) is 15.0. The number of allylic oxidation sites excluding steroid dienone is 2. The quantitative estimate of drug-likeness (QED) is 0.209. The number of ketones is 2. The number of pyridine rings is 1. The molecular weight excluding hydrogens is 418 g/mol. The van der Waals surface area contributed by atoms with Gasteiger partial charge in [0.25, 0.3) is 0 Å². The van der Waals surface area contributed by atoms with Gasteiger partial charge in [-0.25, -0.2) is 4.98 Å². The smallest absolute Gasteiger partial charge is 0.228 e. The van der Waals surface area contributed by atoms with E-state index in [1.165, 1.54) is 33.5 Å². The number of nitrogens with zero attached hydrogens (tertiary/aromatic N) is 1. The van der Waals surface area contributed by atoms with E-state index in [-0.39, 0.29) is 23.1 Å². The summed E-state index contributed by atoms with van der Waals surface area (Å²) >= 11 is 5.83. The summed E-state index contributed by atoms with van der Waals surface area (Å²) in [5, 5.41) is 0.443. The fourth-order valence-electron chi connectivity index (χ4n) is 3.62. The highest BCUT2D eigenvalue weighted by Crippen LogP contribution is 2.28. The Bertz CT molecular complexity index is 831. The lowest BCUT2D eigenvalue weighted by Gasteiger charge is -2.20. The average Bonchev–Trinajstić information content (AvgIpc) is 2.76. The van der Waals surface area contributed by atoms with Crippen molar-refractivity contribution in [3.63, 3.8) is 0 Å². The lowest BCUT2D eigenvalue weighted by molar-refractivity contribution is -0.121. The molecule has 2 rings (SSSR count). The Morgan fingerprint density at radius 1 is 0.871 bits per heavy atom. The maximum Gasteiger partial charge on any atom is 0.228 e. The molecule has 0 saturated carbocycles. The molecule has 170 valence electrons. The molecule has 0 aliphatic heterocycles. The second-order valence-electron chi connectivity index (χ2n) is 7.57. The Labute approximate surface area is 189 Å². The van der Waals surface area contributed by atoms with Crippen LogP contribution in [0.25, 0.3) is 0 Å². The SMILES string of the molecule is COC1=C(OC)C(=O)C(CCCCCCCCCCOc2ccnc(Cl)c2)=C(C)C1=O. The third-order valence-electron chi connectivity index (χ3n) is 5.38. The second kappa shape index (κ2) is 13.2. The molecule has 0 radical (unpaired) electrons. The van der Waals surface area contributed by atoms with Crippen molar-refractivity contribution in [1.29, 1.82) is 0 Å². The predicted molar refractivity (Wildman–Crippen MR) is 120 cm³/mol. The lowest BCUT2D eigenvalue weighted by atomic mass is 9.89. The van der Waals surface area contributed by atoms with Gasteiger partial charge >= 0.3 is 0 Å². The number of Topliss-reactive ketones (excluding diaryl/α,β-unsaturated/α-hetero) is 2. The molecule has 7 heteroatoms. The molecule has 1 aromatic heterocycles. The van der Waals surface area contributed by atoms with Crippen molar-refractivity contribution >= 4 is 23.2 Å². The van der Waals surface area contributed by atoms with Gasteiger partial charge in [-0.2, -0.15) is 0 Å². The van der Waals surface area contributed by atoms with Gasteiger partial charge in [0.1, 0.15) is 10.9 Å². The highest BCUT2D eigenvalue weighted by atomic mass is 35.5. The Kier molecular flexibility index (Phi) is 10.6. The van der Waals surface area contributed by atoms with Crippen molar-refractivity contribution in [2.45, 2.75) is 64.7 Å². The van der Waals surface area contributed by atoms with Gasteiger partial charge < -0.3 is 14.2 Å². The van der Waals surface area contributed by atoms with E-state index in [2.05, 4.69) is 4.98 Å². The maximum atomic E-state index is 12.6. The Morgan fingerprint density at radius 2 is 1.45 bits per heavy atom. The van der Waals surface area contributed by atoms with Crippen molar-refractivity contribution in [3.05, 3.63) is 46.1 Å². The molecule has 31 heavy (non-hydrogen) atoms. The number of hydrogen-bond acceptors (Lipinski definition) is 6. The summed E-state index contributed by atoms with van der Waals surface area (Å²) in [5.41, 5.74) is 1.03. The fraction of sp³-hybridized carbons (Fsp3) is 0.542. The van der Waals surface area contributed by atoms with Crippen molar-refractivity contribution in [2.24, 2.45) is 0 Å². The number of ether oxygens (including phenoxy) is 3. The van der Waals surface area contributed by atoms with Crippen LogP contribution in [0.4, 0.5) is 0 Å². The summed E-state index contributed by atoms with van der Waals surface area (Å²) in [6, 6.07) is 3.53. The number of carbonyl (C=O) groups is 2. The van der Waals surface area contributed by atoms with Gasteiger partial charge in [-0.3, -0.25) is 9.59 Å². The molecule has 1 aromatic rings. The second-order valence-corrected chi connectivity index (χ2v) is 7.96. The van der Waals surface area contributed by atoms with Crippen molar-refractivity contribution in [3.8, 4) is 5.75 Å². The monoisotopic (exact) mass is 449 g/mol. The molecule has 0 amide bonds. The first-order valence-electron chi connectivity index (χ1n) is 10.8. The topological polar surface area (TPSA) is 74.7 Å². The largest absolute Gasteiger partial charge is 0.493 e. The third kappa shape index (κ3) is 7.39. The van der Waals surface area contributed by atoms with E-state index >= 15 is 0 Å². The molecule has 0 bridgehead atoms. The maximum absolute atomic E-state index is 12.6. The zero-order valence-electron chi connectivity index (χ0n) is 18.7. The number of methoxy groups -OCH3 is 2. The zero-order valence-corrected chi connectivity index (χ0v) is 19.4. The first-order valence-corrected chi connectivity index (χ1v) is 11.2. The van der Waals surface area contributed by atoms with Crippen LogP contribution in [0.2, 0.25) is 5.15 Å². The van der Waals surface area contributed by atoms with Crippen molar-refractivity contribution in [2.75, 3.05) is 20.8 Å². The van der Waals surface area contributed by atoms with E-state index in [9.17, 15) is 9.59 Å². The first kappa shape index (κ1) is 24.9. The third-order valence-corrected chi connectivity index (χ3v) is 5.59. The van der Waals surface area contributed by atoms with Gasteiger partial charge in [0, 0.05) is 23.4 Å². The summed E-state index contributed by atoms with van der Waals surface area (Å²) in [6.45, 7) is 2.37. The van der Waals surface area contributed by atoms with Gasteiger partial charge in [-0.05, 0) is 32.3 Å². The van der Waals surface area contributed by atoms with Crippen LogP contribution in [0.5, 0.6) is 5.75 Å². The van der Waals surface area contributed by atoms with E-state index in [1.54, 1.807) is 19.2 Å². The molecule has 0 saturated heterocycles. The normalized spacial score (nSPS) is 14.3. The molecule has 0 spiro atoms. The molecule has 6 nitrogen and oxygen atoms in total. The van der Waals surface area contributed by atoms with E-state index in [0.717, 1.165) is 37.9 Å². The minimum absolute atomic E-state index is 0.00345. The predicted octanol–water partition coefficient (Wildman–Crippen LogP) is 5.60. The van der Waals surface area contributed by atoms with E-state index in [1.807, 2.05) is 6.07 Å². The number of rotatable bonds is 14. The van der Waals surface area contributed by atoms with Crippen LogP contribution in [-0.2, 0) is 19.1 Å². The summed E-state index contributed by atoms with van der Waals surface area (Å²) in [4.78, 5) is 28.9. The molecular formula is C24H32ClNO5. The molecule has 0 fully saturated rings. The van der Waals surface area contributed by atoms with Crippen molar-refractivity contribution in [1.82, 2.24) is 4.98 Å². The highest BCUT2D eigenvalue weighted by Gasteiger charge is 2.34. The van der Waals surface area contributed by atoms with Crippen LogP contribution in [0.15, 0.2) is 41.0 Å². The van der Waals surface area contributed by atoms with Crippen LogP contribution in [0.3, 0.4) is 0 Å². The Balaban J connectivity index is 1.56. The highest BCUT2D eigenvalue weighted by molar-refractivity contribution is 6.29. The summed E-state index contributed by atoms with van der Waals surface area (Å²) in [6.07, 6.45) is 11.0. The zero-order chi connectivity index (χ0) is 22.6. The molecule has 1 heterocycles. The molecule has 0 aromatic carbocycles. The van der Waals surface area contributed by atoms with E-state index in [0.29, 0.717) is 29.3 Å². The van der Waals surface area contributed by atoms with Crippen LogP contribution in [0.1, 0.15) is 64.7 Å². The summed E-state index contributed by atoms with van der Waals surface area (Å²) < 4.78 is 15.8. The minimum atomic E-state index is -0.259. The van der Waals surface area contributed by atoms with Gasteiger partial charge in [0.15, 0.2) is 0 Å². The summed E-state index contributed by atoms with van der Waals surface area (Å²) in [7, 11) is 2.76. The van der Waals surface area contributed by atoms with Crippen LogP contribution >= 0.6 is 11.6 Å². The van der Waals surface area contributed by atoms with Crippen molar-refractivity contribution < 1.29 is 23.8 Å². The van der Waals surface area contributed by atoms with Gasteiger partial charge in [0.05, 0.1) is 20.8 Å². The number of carbonyl (C=O) groups excluding carboxylic acids is 2. The Morgan fingerprint density at radius 3 is 2.06 bits per heavy atom. The molecule has 0 N–H and O–H groups in total. The molecule has 1 aliphatic rings. The lowest BCUT2D eigenvalue weighted by Crippen LogP contribution is -2.25. The number of hydrogen-bond donors (Lipinski definition) is 0. The van der Waals surface area contributed by atoms with Crippen LogP contribution in [0, 0.1) is 0 Å². The number of halogens is 1. The average molecular weight is 450 g/mol. The van der Waals surface area contributed by atoms with Gasteiger partial charge in [0.2, 0.25) is 23.1 Å². The van der Waals surface area contributed by atoms with Crippen LogP contribution < -0.4 is 4.74 Å². The molecule has 0 unspecified atom stereocenters. The van der Waals surface area contributed by atoms with E-state index < -0.39 is 0 Å². The van der Waals surface area contributed by atoms with E-state index in [4.69, 9.17) is 25.8 Å². The van der Waals surface area contributed by atoms with Gasteiger partial charge in [-0.15, -0.1) is 0 Å². The minimum Gasteiger partial charge on any atom is -0.493 e. The molecule has 1 aliphatic carbocycles. The summed E-state index contributed by atoms with van der Waals surface area (Å²) in [5.74, 6) is 0.292. The fourth-order valence-corrected chi connectivity index (χ4v) is 3.79. The standard InChI is InChI=1S/C24H32ClNO5/c1-17-19(22(28)24(30-3)23(29-2)21(17)27)12-10-8-6-4-5-7-9-11-15-31-18-13-14-26-20(25)16-18/h13-14,16H,4-12,15H2,1-3H3. The number of aromatic nitrogens is 1. The molecule has 0 atom stereocenters. The Hall–Kier alpha value is -2.34.